The molecule has 1 fully saturated rings. The van der Waals surface area contributed by atoms with Crippen molar-refractivity contribution >= 4 is 36.1 Å². The molecule has 0 unspecified atom stereocenters. The number of hydrogen-bond acceptors (Lipinski definition) is 1. The van der Waals surface area contributed by atoms with E-state index in [1.54, 1.807) is 0 Å². The normalized spacial score (nSPS) is 13.0. The summed E-state index contributed by atoms with van der Waals surface area (Å²) in [5.74, 6) is 0.866. The second kappa shape index (κ2) is 14.0. The quantitative estimate of drug-likeness (QED) is 0.155. The molecule has 0 radical (unpaired) electrons. The van der Waals surface area contributed by atoms with Crippen molar-refractivity contribution in [3.8, 4) is 0 Å². The highest BCUT2D eigenvalue weighted by atomic mass is 28.3. The largest absolute Gasteiger partial charge is 0.340 e. The number of benzene rings is 4. The lowest BCUT2D eigenvalue weighted by atomic mass is 9.37. The molecule has 1 heterocycles. The van der Waals surface area contributed by atoms with Gasteiger partial charge in [0.2, 0.25) is 6.71 Å². The molecule has 1 aromatic heterocycles. The first-order valence-electron chi connectivity index (χ1n) is 14.6. The maximum absolute atomic E-state index is 4.26. The highest BCUT2D eigenvalue weighted by Crippen LogP contribution is 2.38. The molecule has 1 aliphatic rings. The zero-order valence-electron chi connectivity index (χ0n) is 23.5. The lowest BCUT2D eigenvalue weighted by Gasteiger charge is -2.33. The average molecular weight is 539 g/mol. The van der Waals surface area contributed by atoms with Crippen LogP contribution in [0.25, 0.3) is 0 Å². The van der Waals surface area contributed by atoms with E-state index in [2.05, 4.69) is 156 Å². The van der Waals surface area contributed by atoms with Crippen LogP contribution in [0, 0.1) is 0 Å². The summed E-state index contributed by atoms with van der Waals surface area (Å²) in [7, 11) is -1.92. The Balaban J connectivity index is 0.000000174. The van der Waals surface area contributed by atoms with Crippen molar-refractivity contribution < 1.29 is 0 Å². The molecule has 2 nitrogen and oxygen atoms in total. The highest BCUT2D eigenvalue weighted by molar-refractivity contribution is 7.01. The predicted molar refractivity (Wildman–Crippen MR) is 175 cm³/mol. The van der Waals surface area contributed by atoms with Gasteiger partial charge in [0, 0.05) is 18.6 Å². The van der Waals surface area contributed by atoms with Crippen LogP contribution in [0.1, 0.15) is 26.2 Å². The summed E-state index contributed by atoms with van der Waals surface area (Å²) >= 11 is 0. The second-order valence-electron chi connectivity index (χ2n) is 10.8. The highest BCUT2D eigenvalue weighted by Gasteiger charge is 2.37. The van der Waals surface area contributed by atoms with Crippen LogP contribution in [0.3, 0.4) is 0 Å². The molecule has 0 spiro atoms. The molecule has 4 aromatic carbocycles. The third kappa shape index (κ3) is 7.00. The smallest absolute Gasteiger partial charge is 0.212 e. The van der Waals surface area contributed by atoms with Gasteiger partial charge >= 0.3 is 0 Å². The molecule has 6 rings (SSSR count). The minimum absolute atomic E-state index is 0.613. The molecule has 0 atom stereocenters. The average Bonchev–Trinajstić information content (AvgIpc) is 3.72. The van der Waals surface area contributed by atoms with Gasteiger partial charge in [-0.15, -0.1) is 0 Å². The van der Waals surface area contributed by atoms with Crippen molar-refractivity contribution in [3.63, 3.8) is 0 Å². The number of imidazole rings is 1. The summed E-state index contributed by atoms with van der Waals surface area (Å²) in [6, 6.07) is 45.2. The SMILES string of the molecule is CC=CCC[Si](Cn1ccnc1)(c1ccccc1)c1ccccc1.c1ccc(B(c2ccccc2)C2CC2)cc1. The first kappa shape index (κ1) is 27.7. The van der Waals surface area contributed by atoms with Gasteiger partial charge in [-0.2, -0.15) is 0 Å². The first-order valence-corrected chi connectivity index (χ1v) is 17.0. The van der Waals surface area contributed by atoms with Gasteiger partial charge in [0.15, 0.2) is 0 Å². The Morgan fingerprint density at radius 1 is 0.750 bits per heavy atom. The lowest BCUT2D eigenvalue weighted by Crippen LogP contribution is -2.61. The van der Waals surface area contributed by atoms with E-state index in [1.165, 1.54) is 40.2 Å². The number of nitrogens with zero attached hydrogens (tertiary/aromatic N) is 2. The van der Waals surface area contributed by atoms with E-state index in [0.717, 1.165) is 18.4 Å². The fourth-order valence-corrected chi connectivity index (χ4v) is 10.5. The van der Waals surface area contributed by atoms with Crippen molar-refractivity contribution in [1.82, 2.24) is 9.55 Å². The summed E-state index contributed by atoms with van der Waals surface area (Å²) in [6.07, 6.45) is 15.3. The summed E-state index contributed by atoms with van der Waals surface area (Å²) in [4.78, 5) is 4.26. The van der Waals surface area contributed by atoms with Crippen LogP contribution in [0.5, 0.6) is 0 Å². The van der Waals surface area contributed by atoms with E-state index in [4.69, 9.17) is 0 Å². The van der Waals surface area contributed by atoms with Crippen LogP contribution >= 0.6 is 0 Å². The lowest BCUT2D eigenvalue weighted by molar-refractivity contribution is 0.848. The van der Waals surface area contributed by atoms with Crippen molar-refractivity contribution in [2.45, 2.75) is 44.2 Å². The zero-order chi connectivity index (χ0) is 27.5. The summed E-state index contributed by atoms with van der Waals surface area (Å²) < 4.78 is 2.25. The van der Waals surface area contributed by atoms with Gasteiger partial charge in [0.25, 0.3) is 0 Å². The molecule has 0 aliphatic heterocycles. The number of aromatic nitrogens is 2. The number of allylic oxidation sites excluding steroid dienone is 2. The van der Waals surface area contributed by atoms with Crippen molar-refractivity contribution in [2.24, 2.45) is 0 Å². The number of hydrogen-bond donors (Lipinski definition) is 0. The monoisotopic (exact) mass is 538 g/mol. The van der Waals surface area contributed by atoms with Gasteiger partial charge in [0.05, 0.1) is 6.33 Å². The molecule has 0 bridgehead atoms. The van der Waals surface area contributed by atoms with Crippen LogP contribution < -0.4 is 21.3 Å². The minimum atomic E-state index is -1.92. The van der Waals surface area contributed by atoms with Gasteiger partial charge in [-0.3, -0.25) is 0 Å². The van der Waals surface area contributed by atoms with Gasteiger partial charge in [0.1, 0.15) is 8.07 Å². The van der Waals surface area contributed by atoms with Gasteiger partial charge in [-0.1, -0.05) is 173 Å². The topological polar surface area (TPSA) is 17.8 Å². The maximum Gasteiger partial charge on any atom is 0.212 e. The minimum Gasteiger partial charge on any atom is -0.340 e. The molecule has 0 N–H and O–H groups in total. The molecule has 40 heavy (non-hydrogen) atoms. The molecular formula is C36H39BN2Si. The van der Waals surface area contributed by atoms with Crippen LogP contribution in [0.4, 0.5) is 0 Å². The zero-order valence-corrected chi connectivity index (χ0v) is 24.5. The van der Waals surface area contributed by atoms with E-state index in [0.29, 0.717) is 6.71 Å². The summed E-state index contributed by atoms with van der Waals surface area (Å²) in [5, 5.41) is 2.99. The van der Waals surface area contributed by atoms with Crippen molar-refractivity contribution in [3.05, 3.63) is 152 Å². The summed E-state index contributed by atoms with van der Waals surface area (Å²) in [6.45, 7) is 2.71. The van der Waals surface area contributed by atoms with E-state index < -0.39 is 8.07 Å². The van der Waals surface area contributed by atoms with Gasteiger partial charge in [-0.05, 0) is 19.4 Å². The second-order valence-corrected chi connectivity index (χ2v) is 14.9. The van der Waals surface area contributed by atoms with E-state index in [1.807, 2.05) is 12.5 Å². The Hall–Kier alpha value is -3.89. The van der Waals surface area contributed by atoms with Crippen LogP contribution in [0.15, 0.2) is 152 Å². The third-order valence-electron chi connectivity index (χ3n) is 8.05. The third-order valence-corrected chi connectivity index (χ3v) is 13.0. The Kier molecular flexibility index (Phi) is 9.65. The number of rotatable bonds is 10. The molecule has 1 aliphatic carbocycles. The molecule has 0 amide bonds. The fraction of sp³-hybridized carbons (Fsp3) is 0.194. The van der Waals surface area contributed by atoms with Crippen molar-refractivity contribution in [1.29, 1.82) is 0 Å². The van der Waals surface area contributed by atoms with Crippen molar-refractivity contribution in [2.75, 3.05) is 0 Å². The van der Waals surface area contributed by atoms with E-state index >= 15 is 0 Å². The van der Waals surface area contributed by atoms with Crippen LogP contribution in [-0.4, -0.2) is 24.3 Å². The molecular weight excluding hydrogens is 499 g/mol. The van der Waals surface area contributed by atoms with Crippen LogP contribution in [0.2, 0.25) is 11.9 Å². The Morgan fingerprint density at radius 3 is 1.68 bits per heavy atom. The van der Waals surface area contributed by atoms with E-state index in [-0.39, 0.29) is 0 Å². The fourth-order valence-electron chi connectivity index (χ4n) is 5.91. The molecule has 5 aromatic rings. The Bertz CT molecular complexity index is 1340. The Labute approximate surface area is 241 Å². The van der Waals surface area contributed by atoms with Gasteiger partial charge < -0.3 is 4.57 Å². The first-order chi connectivity index (χ1) is 19.8. The molecule has 200 valence electrons. The molecule has 4 heteroatoms. The van der Waals surface area contributed by atoms with E-state index in [9.17, 15) is 0 Å². The maximum atomic E-state index is 4.26. The molecule has 1 saturated carbocycles. The van der Waals surface area contributed by atoms with Crippen LogP contribution in [-0.2, 0) is 6.17 Å². The standard InChI is InChI=1S/C21H24N2Si.C15H15B/c1-2-3-10-17-24(19-23-16-15-22-18-23,20-11-6-4-7-12-20)21-13-8-5-9-14-21;1-3-7-13(8-4-1)16(15-11-12-15)14-9-5-2-6-10-14/h2-9,11-16,18H,10,17,19H2,1H3;1-10,15H,11-12H2. The molecule has 0 saturated heterocycles. The summed E-state index contributed by atoms with van der Waals surface area (Å²) in [5.41, 5.74) is 2.94. The Morgan fingerprint density at radius 2 is 1.25 bits per heavy atom. The van der Waals surface area contributed by atoms with Gasteiger partial charge in [-0.25, -0.2) is 4.98 Å². The predicted octanol–water partition coefficient (Wildman–Crippen LogP) is 6.11.